The van der Waals surface area contributed by atoms with Gasteiger partial charge in [0.15, 0.2) is 0 Å². The first kappa shape index (κ1) is 19.0. The van der Waals surface area contributed by atoms with Gasteiger partial charge in [-0.15, -0.1) is 11.8 Å². The fourth-order valence-corrected chi connectivity index (χ4v) is 3.95. The SMILES string of the molecule is COc1ccc(C2NC(C(=O)O)CS2)cc1COc1cccc([N+](=O)[O-])c1. The lowest BCUT2D eigenvalue weighted by atomic mass is 10.1. The highest BCUT2D eigenvalue weighted by Gasteiger charge is 2.30. The van der Waals surface area contributed by atoms with Gasteiger partial charge in [-0.25, -0.2) is 0 Å². The van der Waals surface area contributed by atoms with Crippen LogP contribution in [0.5, 0.6) is 11.5 Å². The number of carboxylic acids is 1. The Hall–Kier alpha value is -2.78. The molecule has 1 aliphatic rings. The molecule has 8 nitrogen and oxygen atoms in total. The maximum atomic E-state index is 11.1. The van der Waals surface area contributed by atoms with Crippen LogP contribution in [0.15, 0.2) is 42.5 Å². The zero-order valence-corrected chi connectivity index (χ0v) is 15.3. The number of hydrogen-bond acceptors (Lipinski definition) is 7. The summed E-state index contributed by atoms with van der Waals surface area (Å²) >= 11 is 1.53. The van der Waals surface area contributed by atoms with E-state index in [4.69, 9.17) is 14.6 Å². The minimum absolute atomic E-state index is 0.0421. The molecule has 27 heavy (non-hydrogen) atoms. The highest BCUT2D eigenvalue weighted by Crippen LogP contribution is 2.35. The van der Waals surface area contributed by atoms with Gasteiger partial charge in [-0.2, -0.15) is 0 Å². The van der Waals surface area contributed by atoms with Crippen LogP contribution in [0.1, 0.15) is 16.5 Å². The standard InChI is InChI=1S/C18H18N2O6S/c1-25-16-6-5-11(17-19-15(10-27-17)18(21)22)7-12(16)9-26-14-4-2-3-13(8-14)20(23)24/h2-8,15,17,19H,9-10H2,1H3,(H,21,22). The van der Waals surface area contributed by atoms with Crippen LogP contribution in [0.4, 0.5) is 5.69 Å². The van der Waals surface area contributed by atoms with Gasteiger partial charge in [0.1, 0.15) is 24.1 Å². The van der Waals surface area contributed by atoms with E-state index in [0.29, 0.717) is 17.3 Å². The summed E-state index contributed by atoms with van der Waals surface area (Å²) in [5, 5.41) is 22.9. The Balaban J connectivity index is 1.75. The molecule has 9 heteroatoms. The van der Waals surface area contributed by atoms with Crippen LogP contribution in [-0.2, 0) is 11.4 Å². The van der Waals surface area contributed by atoms with E-state index in [0.717, 1.165) is 11.1 Å². The number of aliphatic carboxylic acids is 1. The number of rotatable bonds is 7. The zero-order valence-electron chi connectivity index (χ0n) is 14.5. The molecule has 0 spiro atoms. The van der Waals surface area contributed by atoms with Crippen molar-refractivity contribution < 1.29 is 24.3 Å². The van der Waals surface area contributed by atoms with E-state index in [2.05, 4.69) is 5.32 Å². The van der Waals surface area contributed by atoms with Gasteiger partial charge < -0.3 is 14.6 Å². The van der Waals surface area contributed by atoms with Crippen LogP contribution in [0.2, 0.25) is 0 Å². The maximum absolute atomic E-state index is 11.1. The highest BCUT2D eigenvalue weighted by atomic mass is 32.2. The monoisotopic (exact) mass is 390 g/mol. The fraction of sp³-hybridized carbons (Fsp3) is 0.278. The van der Waals surface area contributed by atoms with Crippen molar-refractivity contribution in [2.45, 2.75) is 18.0 Å². The minimum atomic E-state index is -0.868. The summed E-state index contributed by atoms with van der Waals surface area (Å²) < 4.78 is 11.1. The second-order valence-corrected chi connectivity index (χ2v) is 7.02. The number of nitro groups is 1. The summed E-state index contributed by atoms with van der Waals surface area (Å²) in [7, 11) is 1.55. The Morgan fingerprint density at radius 3 is 2.85 bits per heavy atom. The number of carboxylic acid groups (broad SMARTS) is 1. The highest BCUT2D eigenvalue weighted by molar-refractivity contribution is 7.99. The largest absolute Gasteiger partial charge is 0.496 e. The van der Waals surface area contributed by atoms with Gasteiger partial charge >= 0.3 is 5.97 Å². The van der Waals surface area contributed by atoms with Crippen LogP contribution in [-0.4, -0.2) is 34.9 Å². The smallest absolute Gasteiger partial charge is 0.321 e. The van der Waals surface area contributed by atoms with Crippen molar-refractivity contribution in [3.8, 4) is 11.5 Å². The average molecular weight is 390 g/mol. The van der Waals surface area contributed by atoms with Gasteiger partial charge in [0, 0.05) is 17.4 Å². The molecule has 0 radical (unpaired) electrons. The molecule has 2 aromatic rings. The molecule has 2 unspecified atom stereocenters. The summed E-state index contributed by atoms with van der Waals surface area (Å²) in [4.78, 5) is 21.5. The number of benzene rings is 2. The third kappa shape index (κ3) is 4.50. The number of methoxy groups -OCH3 is 1. The van der Waals surface area contributed by atoms with E-state index < -0.39 is 16.9 Å². The number of hydrogen-bond donors (Lipinski definition) is 2. The van der Waals surface area contributed by atoms with Crippen LogP contribution < -0.4 is 14.8 Å². The molecule has 0 amide bonds. The minimum Gasteiger partial charge on any atom is -0.496 e. The predicted octanol–water partition coefficient (Wildman–Crippen LogP) is 2.97. The van der Waals surface area contributed by atoms with Gasteiger partial charge in [0.2, 0.25) is 0 Å². The van der Waals surface area contributed by atoms with Crippen LogP contribution >= 0.6 is 11.8 Å². The number of nitro benzene ring substituents is 1. The van der Waals surface area contributed by atoms with Crippen molar-refractivity contribution in [3.05, 3.63) is 63.7 Å². The Morgan fingerprint density at radius 1 is 1.37 bits per heavy atom. The first-order chi connectivity index (χ1) is 13.0. The summed E-state index contributed by atoms with van der Waals surface area (Å²) in [5.41, 5.74) is 1.64. The molecule has 0 aliphatic carbocycles. The second-order valence-electron chi connectivity index (χ2n) is 5.89. The van der Waals surface area contributed by atoms with Crippen molar-refractivity contribution >= 4 is 23.4 Å². The lowest BCUT2D eigenvalue weighted by Crippen LogP contribution is -2.33. The van der Waals surface area contributed by atoms with Gasteiger partial charge in [-0.05, 0) is 23.8 Å². The van der Waals surface area contributed by atoms with Crippen molar-refractivity contribution in [1.82, 2.24) is 5.32 Å². The van der Waals surface area contributed by atoms with Crippen LogP contribution in [0.25, 0.3) is 0 Å². The number of ether oxygens (including phenoxy) is 2. The second kappa shape index (κ2) is 8.28. The summed E-state index contributed by atoms with van der Waals surface area (Å²) in [6.07, 6.45) is 0. The first-order valence-electron chi connectivity index (χ1n) is 8.12. The Bertz CT molecular complexity index is 859. The zero-order chi connectivity index (χ0) is 19.4. The molecule has 3 rings (SSSR count). The molecule has 2 N–H and O–H groups in total. The van der Waals surface area contributed by atoms with Crippen molar-refractivity contribution in [2.75, 3.05) is 12.9 Å². The molecule has 142 valence electrons. The van der Waals surface area contributed by atoms with E-state index in [-0.39, 0.29) is 17.7 Å². The molecule has 0 saturated carbocycles. The van der Waals surface area contributed by atoms with Crippen LogP contribution in [0, 0.1) is 10.1 Å². The predicted molar refractivity (Wildman–Crippen MR) is 100 cm³/mol. The summed E-state index contributed by atoms with van der Waals surface area (Å²) in [6.45, 7) is 0.165. The van der Waals surface area contributed by atoms with Gasteiger partial charge in [-0.1, -0.05) is 12.1 Å². The van der Waals surface area contributed by atoms with Crippen molar-refractivity contribution in [1.29, 1.82) is 0 Å². The maximum Gasteiger partial charge on any atom is 0.321 e. The quantitative estimate of drug-likeness (QED) is 0.548. The number of nitrogens with one attached hydrogen (secondary N) is 1. The molecule has 0 bridgehead atoms. The lowest BCUT2D eigenvalue weighted by Gasteiger charge is -2.16. The topological polar surface area (TPSA) is 111 Å². The number of nitrogens with zero attached hydrogens (tertiary/aromatic N) is 1. The van der Waals surface area contributed by atoms with E-state index in [1.165, 1.54) is 23.9 Å². The van der Waals surface area contributed by atoms with Crippen molar-refractivity contribution in [3.63, 3.8) is 0 Å². The summed E-state index contributed by atoms with van der Waals surface area (Å²) in [5.74, 6) is 0.636. The number of carbonyl (C=O) groups is 1. The van der Waals surface area contributed by atoms with Gasteiger partial charge in [0.05, 0.1) is 23.5 Å². The van der Waals surface area contributed by atoms with Gasteiger partial charge in [0.25, 0.3) is 5.69 Å². The Labute approximate surface area is 159 Å². The fourth-order valence-electron chi connectivity index (χ4n) is 2.73. The molecule has 0 aromatic heterocycles. The number of thioether (sulfide) groups is 1. The summed E-state index contributed by atoms with van der Waals surface area (Å²) in [6, 6.07) is 11.0. The third-order valence-corrected chi connectivity index (χ3v) is 5.38. The Kier molecular flexibility index (Phi) is 5.82. The molecule has 1 saturated heterocycles. The Morgan fingerprint density at radius 2 is 2.19 bits per heavy atom. The van der Waals surface area contributed by atoms with E-state index >= 15 is 0 Å². The molecule has 1 aliphatic heterocycles. The molecule has 1 fully saturated rings. The van der Waals surface area contributed by atoms with E-state index in [9.17, 15) is 14.9 Å². The number of non-ortho nitro benzene ring substituents is 1. The lowest BCUT2D eigenvalue weighted by molar-refractivity contribution is -0.384. The van der Waals surface area contributed by atoms with Gasteiger partial charge in [-0.3, -0.25) is 20.2 Å². The molecular formula is C18H18N2O6S. The van der Waals surface area contributed by atoms with Crippen LogP contribution in [0.3, 0.4) is 0 Å². The van der Waals surface area contributed by atoms with E-state index in [1.54, 1.807) is 25.3 Å². The molecule has 2 atom stereocenters. The van der Waals surface area contributed by atoms with E-state index in [1.807, 2.05) is 12.1 Å². The molecule has 1 heterocycles. The molecular weight excluding hydrogens is 372 g/mol. The first-order valence-corrected chi connectivity index (χ1v) is 9.17. The average Bonchev–Trinajstić information content (AvgIpc) is 3.17. The molecule has 2 aromatic carbocycles. The normalized spacial score (nSPS) is 18.9. The van der Waals surface area contributed by atoms with Crippen molar-refractivity contribution in [2.24, 2.45) is 0 Å². The third-order valence-electron chi connectivity index (χ3n) is 4.11.